The van der Waals surface area contributed by atoms with Gasteiger partial charge in [0.25, 0.3) is 0 Å². The topological polar surface area (TPSA) is 93.1 Å². The summed E-state index contributed by atoms with van der Waals surface area (Å²) in [5.74, 6) is -1.83. The molecule has 6 nitrogen and oxygen atoms in total. The van der Waals surface area contributed by atoms with Gasteiger partial charge in [0, 0.05) is 12.3 Å². The van der Waals surface area contributed by atoms with Crippen molar-refractivity contribution in [2.75, 3.05) is 13.2 Å². The molecule has 3 aliphatic rings. The van der Waals surface area contributed by atoms with Crippen LogP contribution in [0.2, 0.25) is 0 Å². The molecule has 2 N–H and O–H groups in total. The van der Waals surface area contributed by atoms with Crippen molar-refractivity contribution in [1.82, 2.24) is 0 Å². The van der Waals surface area contributed by atoms with Gasteiger partial charge in [0.2, 0.25) is 0 Å². The molecule has 0 heterocycles. The molecule has 0 aliphatic heterocycles. The lowest BCUT2D eigenvalue weighted by molar-refractivity contribution is -0.182. The maximum atomic E-state index is 12.6. The Morgan fingerprint density at radius 2 is 1.76 bits per heavy atom. The first-order valence-electron chi connectivity index (χ1n) is 9.41. The summed E-state index contributed by atoms with van der Waals surface area (Å²) in [5.41, 5.74) is -1.04. The monoisotopic (exact) mass is 352 g/mol. The van der Waals surface area contributed by atoms with Crippen LogP contribution >= 0.6 is 0 Å². The van der Waals surface area contributed by atoms with Gasteiger partial charge in [-0.25, -0.2) is 4.79 Å². The van der Waals surface area contributed by atoms with Gasteiger partial charge >= 0.3 is 11.9 Å². The third kappa shape index (κ3) is 3.05. The fourth-order valence-electron chi connectivity index (χ4n) is 5.36. The smallest absolute Gasteiger partial charge is 0.337 e. The molecule has 5 atom stereocenters. The highest BCUT2D eigenvalue weighted by atomic mass is 16.5. The molecule has 0 aromatic rings. The number of carbonyl (C=O) groups excluding carboxylic acids is 2. The van der Waals surface area contributed by atoms with E-state index in [-0.39, 0.29) is 49.1 Å². The largest absolute Gasteiger partial charge is 0.512 e. The normalized spacial score (nSPS) is 37.2. The molecule has 2 fully saturated rings. The van der Waals surface area contributed by atoms with Gasteiger partial charge in [-0.15, -0.1) is 0 Å². The number of fused-ring (bicyclic) bond motifs is 4. The van der Waals surface area contributed by atoms with Gasteiger partial charge < -0.3 is 19.7 Å². The predicted octanol–water partition coefficient (Wildman–Crippen LogP) is 2.50. The van der Waals surface area contributed by atoms with Crippen molar-refractivity contribution >= 4 is 11.9 Å². The second-order valence-electron chi connectivity index (χ2n) is 7.51. The summed E-state index contributed by atoms with van der Waals surface area (Å²) in [4.78, 5) is 25.0. The first-order chi connectivity index (χ1) is 11.9. The van der Waals surface area contributed by atoms with Crippen molar-refractivity contribution in [2.24, 2.45) is 23.7 Å². The van der Waals surface area contributed by atoms with Gasteiger partial charge in [-0.1, -0.05) is 12.8 Å². The van der Waals surface area contributed by atoms with Crippen LogP contribution in [0, 0.1) is 23.7 Å². The van der Waals surface area contributed by atoms with E-state index in [1.165, 1.54) is 0 Å². The summed E-state index contributed by atoms with van der Waals surface area (Å²) in [7, 11) is 0. The van der Waals surface area contributed by atoms with Crippen molar-refractivity contribution in [3.05, 3.63) is 11.3 Å². The van der Waals surface area contributed by atoms with Crippen molar-refractivity contribution in [3.8, 4) is 0 Å². The summed E-state index contributed by atoms with van der Waals surface area (Å²) in [6.45, 7) is 3.99. The number of hydrogen-bond acceptors (Lipinski definition) is 6. The van der Waals surface area contributed by atoms with Crippen LogP contribution in [0.1, 0.15) is 52.4 Å². The Hall–Kier alpha value is -1.56. The highest BCUT2D eigenvalue weighted by Gasteiger charge is 2.60. The Balaban J connectivity index is 2.02. The van der Waals surface area contributed by atoms with Crippen LogP contribution in [-0.2, 0) is 19.1 Å². The molecule has 140 valence electrons. The standard InChI is InChI=1S/C19H28O6/c1-3-24-17(21)15-13-9-19(23,10-14(15)20)16(18(22)25-4-2)12-8-6-5-7-11(12)13/h11-13,16,20,23H,3-10H2,1-2H3/t11?,12?,13-,16?,19+/m0/s1. The summed E-state index contributed by atoms with van der Waals surface area (Å²) in [6, 6.07) is 0. The van der Waals surface area contributed by atoms with Crippen LogP contribution in [-0.4, -0.2) is 41.0 Å². The lowest BCUT2D eigenvalue weighted by Crippen LogP contribution is -2.59. The lowest BCUT2D eigenvalue weighted by Gasteiger charge is -2.54. The van der Waals surface area contributed by atoms with Crippen LogP contribution in [0.15, 0.2) is 11.3 Å². The van der Waals surface area contributed by atoms with Crippen molar-refractivity contribution in [3.63, 3.8) is 0 Å². The van der Waals surface area contributed by atoms with Crippen molar-refractivity contribution in [2.45, 2.75) is 58.0 Å². The van der Waals surface area contributed by atoms with Gasteiger partial charge in [0.05, 0.1) is 30.3 Å². The molecule has 2 saturated carbocycles. The van der Waals surface area contributed by atoms with E-state index < -0.39 is 17.5 Å². The van der Waals surface area contributed by atoms with E-state index >= 15 is 0 Å². The average molecular weight is 352 g/mol. The molecule has 6 heteroatoms. The van der Waals surface area contributed by atoms with Gasteiger partial charge in [-0.3, -0.25) is 4.79 Å². The molecule has 3 rings (SSSR count). The molecule has 0 aromatic carbocycles. The first-order valence-corrected chi connectivity index (χ1v) is 9.41. The molecule has 0 saturated heterocycles. The fourth-order valence-corrected chi connectivity index (χ4v) is 5.36. The zero-order valence-electron chi connectivity index (χ0n) is 15.0. The van der Waals surface area contributed by atoms with E-state index in [9.17, 15) is 19.8 Å². The summed E-state index contributed by atoms with van der Waals surface area (Å²) >= 11 is 0. The highest BCUT2D eigenvalue weighted by Crippen LogP contribution is 2.57. The van der Waals surface area contributed by atoms with Crippen LogP contribution in [0.25, 0.3) is 0 Å². The quantitative estimate of drug-likeness (QED) is 0.755. The van der Waals surface area contributed by atoms with Gasteiger partial charge in [0.15, 0.2) is 0 Å². The first kappa shape index (κ1) is 18.2. The highest BCUT2D eigenvalue weighted by molar-refractivity contribution is 5.90. The third-order valence-corrected chi connectivity index (χ3v) is 6.16. The third-order valence-electron chi connectivity index (χ3n) is 6.16. The minimum atomic E-state index is -1.35. The number of rotatable bonds is 4. The number of hydrogen-bond donors (Lipinski definition) is 2. The molecule has 2 bridgehead atoms. The molecule has 3 aliphatic carbocycles. The van der Waals surface area contributed by atoms with Crippen molar-refractivity contribution < 1.29 is 29.3 Å². The molecular formula is C19H28O6. The molecule has 3 unspecified atom stereocenters. The lowest BCUT2D eigenvalue weighted by atomic mass is 9.51. The van der Waals surface area contributed by atoms with Crippen LogP contribution in [0.4, 0.5) is 0 Å². The Labute approximate surface area is 148 Å². The van der Waals surface area contributed by atoms with Gasteiger partial charge in [-0.05, 0) is 44.9 Å². The number of ether oxygens (including phenoxy) is 2. The molecule has 0 spiro atoms. The summed E-state index contributed by atoms with van der Waals surface area (Å²) in [5, 5.41) is 21.8. The van der Waals surface area contributed by atoms with Crippen LogP contribution in [0.3, 0.4) is 0 Å². The molecule has 25 heavy (non-hydrogen) atoms. The zero-order chi connectivity index (χ0) is 18.2. The fraction of sp³-hybridized carbons (Fsp3) is 0.789. The van der Waals surface area contributed by atoms with E-state index in [1.54, 1.807) is 13.8 Å². The number of carbonyl (C=O) groups is 2. The number of esters is 2. The van der Waals surface area contributed by atoms with Gasteiger partial charge in [-0.2, -0.15) is 0 Å². The summed E-state index contributed by atoms with van der Waals surface area (Å²) < 4.78 is 10.4. The Bertz CT molecular complexity index is 582. The van der Waals surface area contributed by atoms with E-state index in [0.717, 1.165) is 25.7 Å². The number of aliphatic hydroxyl groups is 2. The van der Waals surface area contributed by atoms with Crippen LogP contribution in [0.5, 0.6) is 0 Å². The molecule has 0 radical (unpaired) electrons. The average Bonchev–Trinajstić information content (AvgIpc) is 2.54. The molecule has 0 aromatic heterocycles. The second-order valence-corrected chi connectivity index (χ2v) is 7.51. The predicted molar refractivity (Wildman–Crippen MR) is 89.5 cm³/mol. The number of aliphatic hydroxyl groups excluding tert-OH is 1. The minimum absolute atomic E-state index is 0.0194. The molecule has 0 amide bonds. The van der Waals surface area contributed by atoms with Crippen LogP contribution < -0.4 is 0 Å². The van der Waals surface area contributed by atoms with E-state index in [4.69, 9.17) is 9.47 Å². The summed E-state index contributed by atoms with van der Waals surface area (Å²) in [6.07, 6.45) is 3.97. The second kappa shape index (κ2) is 6.98. The SMILES string of the molecule is CCOC(=O)C1=C(O)C[C@]2(O)C[C@H]1C1CCCCC1C2C(=O)OCC. The molecular weight excluding hydrogens is 324 g/mol. The van der Waals surface area contributed by atoms with E-state index in [2.05, 4.69) is 0 Å². The minimum Gasteiger partial charge on any atom is -0.512 e. The van der Waals surface area contributed by atoms with Gasteiger partial charge in [0.1, 0.15) is 5.76 Å². The van der Waals surface area contributed by atoms with E-state index in [0.29, 0.717) is 12.0 Å². The Morgan fingerprint density at radius 3 is 2.40 bits per heavy atom. The Kier molecular flexibility index (Phi) is 5.09. The Morgan fingerprint density at radius 1 is 1.12 bits per heavy atom. The maximum absolute atomic E-state index is 12.6. The van der Waals surface area contributed by atoms with E-state index in [1.807, 2.05) is 0 Å². The zero-order valence-corrected chi connectivity index (χ0v) is 15.0. The maximum Gasteiger partial charge on any atom is 0.337 e. The van der Waals surface area contributed by atoms with Crippen molar-refractivity contribution in [1.29, 1.82) is 0 Å².